The van der Waals surface area contributed by atoms with Crippen molar-refractivity contribution in [3.63, 3.8) is 0 Å². The number of hydrogen-bond acceptors (Lipinski definition) is 2. The predicted octanol–water partition coefficient (Wildman–Crippen LogP) is 2.10. The smallest absolute Gasteiger partial charge is 0.115 e. The molecule has 2 nitrogen and oxygen atoms in total. The highest BCUT2D eigenvalue weighted by Gasteiger charge is 2.01. The van der Waals surface area contributed by atoms with E-state index in [0.717, 1.165) is 13.0 Å². The first-order chi connectivity index (χ1) is 6.72. The molecular formula is C12H17NO. The third-order valence-electron chi connectivity index (χ3n) is 2.09. The summed E-state index contributed by atoms with van der Waals surface area (Å²) in [5.74, 6) is 0.320. The van der Waals surface area contributed by atoms with E-state index in [1.807, 2.05) is 18.2 Å². The van der Waals surface area contributed by atoms with Crippen LogP contribution in [0.15, 0.2) is 36.9 Å². The zero-order chi connectivity index (χ0) is 10.4. The summed E-state index contributed by atoms with van der Waals surface area (Å²) in [6.07, 6.45) is 2.82. The van der Waals surface area contributed by atoms with E-state index in [0.29, 0.717) is 11.8 Å². The number of rotatable bonds is 5. The van der Waals surface area contributed by atoms with E-state index >= 15 is 0 Å². The number of benzene rings is 1. The molecule has 76 valence electrons. The van der Waals surface area contributed by atoms with E-state index in [-0.39, 0.29) is 0 Å². The molecule has 0 unspecified atom stereocenters. The SMILES string of the molecule is C=CCN[C@H](C)Cc1ccc(O)cc1. The lowest BCUT2D eigenvalue weighted by Gasteiger charge is -2.12. The van der Waals surface area contributed by atoms with Crippen molar-refractivity contribution >= 4 is 0 Å². The fraction of sp³-hybridized carbons (Fsp3) is 0.333. The van der Waals surface area contributed by atoms with Crippen molar-refractivity contribution in [2.24, 2.45) is 0 Å². The van der Waals surface area contributed by atoms with Crippen molar-refractivity contribution in [2.45, 2.75) is 19.4 Å². The topological polar surface area (TPSA) is 32.3 Å². The van der Waals surface area contributed by atoms with Crippen molar-refractivity contribution in [3.8, 4) is 5.75 Å². The van der Waals surface area contributed by atoms with Crippen molar-refractivity contribution in [2.75, 3.05) is 6.54 Å². The lowest BCUT2D eigenvalue weighted by molar-refractivity contribution is 0.474. The molecule has 0 aliphatic carbocycles. The Morgan fingerprint density at radius 3 is 2.64 bits per heavy atom. The molecule has 0 aliphatic heterocycles. The van der Waals surface area contributed by atoms with Crippen LogP contribution >= 0.6 is 0 Å². The van der Waals surface area contributed by atoms with E-state index in [1.54, 1.807) is 12.1 Å². The Balaban J connectivity index is 2.43. The standard InChI is InChI=1S/C12H17NO/c1-3-8-13-10(2)9-11-4-6-12(14)7-5-11/h3-7,10,13-14H,1,8-9H2,2H3/t10-/m1/s1. The minimum absolute atomic E-state index is 0.320. The third kappa shape index (κ3) is 3.62. The fourth-order valence-corrected chi connectivity index (χ4v) is 1.34. The van der Waals surface area contributed by atoms with Gasteiger partial charge < -0.3 is 10.4 Å². The van der Waals surface area contributed by atoms with Gasteiger partial charge in [-0.2, -0.15) is 0 Å². The van der Waals surface area contributed by atoms with Gasteiger partial charge in [0.1, 0.15) is 5.75 Å². The minimum atomic E-state index is 0.320. The monoisotopic (exact) mass is 191 g/mol. The largest absolute Gasteiger partial charge is 0.508 e. The molecule has 0 bridgehead atoms. The van der Waals surface area contributed by atoms with Crippen LogP contribution in [0.25, 0.3) is 0 Å². The number of phenolic OH excluding ortho intramolecular Hbond substituents is 1. The minimum Gasteiger partial charge on any atom is -0.508 e. The lowest BCUT2D eigenvalue weighted by atomic mass is 10.1. The Labute approximate surface area is 85.3 Å². The van der Waals surface area contributed by atoms with E-state index in [9.17, 15) is 0 Å². The van der Waals surface area contributed by atoms with E-state index < -0.39 is 0 Å². The van der Waals surface area contributed by atoms with Crippen LogP contribution in [-0.4, -0.2) is 17.7 Å². The molecule has 0 aromatic heterocycles. The highest BCUT2D eigenvalue weighted by Crippen LogP contribution is 2.10. The van der Waals surface area contributed by atoms with E-state index in [2.05, 4.69) is 18.8 Å². The van der Waals surface area contributed by atoms with Crippen molar-refractivity contribution < 1.29 is 5.11 Å². The van der Waals surface area contributed by atoms with Crippen LogP contribution in [0.1, 0.15) is 12.5 Å². The Bertz CT molecular complexity index is 279. The van der Waals surface area contributed by atoms with Crippen LogP contribution in [0, 0.1) is 0 Å². The van der Waals surface area contributed by atoms with Crippen LogP contribution in [-0.2, 0) is 6.42 Å². The molecule has 0 saturated heterocycles. The number of phenols is 1. The molecule has 14 heavy (non-hydrogen) atoms. The molecule has 1 aromatic carbocycles. The van der Waals surface area contributed by atoms with Gasteiger partial charge >= 0.3 is 0 Å². The number of aromatic hydroxyl groups is 1. The first-order valence-corrected chi connectivity index (χ1v) is 4.84. The summed E-state index contributed by atoms with van der Waals surface area (Å²) < 4.78 is 0. The van der Waals surface area contributed by atoms with Gasteiger partial charge in [0.15, 0.2) is 0 Å². The molecular weight excluding hydrogens is 174 g/mol. The van der Waals surface area contributed by atoms with Crippen molar-refractivity contribution in [1.82, 2.24) is 5.32 Å². The van der Waals surface area contributed by atoms with E-state index in [1.165, 1.54) is 5.56 Å². The average molecular weight is 191 g/mol. The van der Waals surface area contributed by atoms with Crippen molar-refractivity contribution in [3.05, 3.63) is 42.5 Å². The maximum absolute atomic E-state index is 9.10. The molecule has 0 fully saturated rings. The molecule has 0 saturated carbocycles. The second-order valence-corrected chi connectivity index (χ2v) is 3.47. The summed E-state index contributed by atoms with van der Waals surface area (Å²) >= 11 is 0. The summed E-state index contributed by atoms with van der Waals surface area (Å²) in [6, 6.07) is 7.76. The Morgan fingerprint density at radius 2 is 2.07 bits per heavy atom. The van der Waals surface area contributed by atoms with Gasteiger partial charge in [-0.25, -0.2) is 0 Å². The normalized spacial score (nSPS) is 12.4. The Hall–Kier alpha value is -1.28. The van der Waals surface area contributed by atoms with Gasteiger partial charge in [0, 0.05) is 12.6 Å². The maximum atomic E-state index is 9.10. The van der Waals surface area contributed by atoms with Gasteiger partial charge in [-0.15, -0.1) is 6.58 Å². The quantitative estimate of drug-likeness (QED) is 0.698. The third-order valence-corrected chi connectivity index (χ3v) is 2.09. The Morgan fingerprint density at radius 1 is 1.43 bits per heavy atom. The molecule has 0 amide bonds. The first-order valence-electron chi connectivity index (χ1n) is 4.84. The van der Waals surface area contributed by atoms with Gasteiger partial charge in [0.05, 0.1) is 0 Å². The zero-order valence-electron chi connectivity index (χ0n) is 8.53. The van der Waals surface area contributed by atoms with E-state index in [4.69, 9.17) is 5.11 Å². The summed E-state index contributed by atoms with van der Waals surface area (Å²) in [5.41, 5.74) is 1.23. The van der Waals surface area contributed by atoms with Crippen molar-refractivity contribution in [1.29, 1.82) is 0 Å². The summed E-state index contributed by atoms with van der Waals surface area (Å²) in [5, 5.41) is 12.4. The lowest BCUT2D eigenvalue weighted by Crippen LogP contribution is -2.27. The number of hydrogen-bond donors (Lipinski definition) is 2. The molecule has 2 N–H and O–H groups in total. The highest BCUT2D eigenvalue weighted by molar-refractivity contribution is 5.26. The van der Waals surface area contributed by atoms with Gasteiger partial charge in [-0.3, -0.25) is 0 Å². The molecule has 2 heteroatoms. The molecule has 0 aliphatic rings. The molecule has 0 spiro atoms. The van der Waals surface area contributed by atoms with Gasteiger partial charge in [-0.05, 0) is 31.0 Å². The van der Waals surface area contributed by atoms with Gasteiger partial charge in [0.2, 0.25) is 0 Å². The summed E-state index contributed by atoms with van der Waals surface area (Å²) in [6.45, 7) is 6.62. The summed E-state index contributed by atoms with van der Waals surface area (Å²) in [4.78, 5) is 0. The second-order valence-electron chi connectivity index (χ2n) is 3.47. The van der Waals surface area contributed by atoms with Crippen LogP contribution in [0.3, 0.4) is 0 Å². The highest BCUT2D eigenvalue weighted by atomic mass is 16.3. The van der Waals surface area contributed by atoms with Gasteiger partial charge in [0.25, 0.3) is 0 Å². The van der Waals surface area contributed by atoms with Crippen LogP contribution in [0.2, 0.25) is 0 Å². The number of nitrogens with one attached hydrogen (secondary N) is 1. The second kappa shape index (κ2) is 5.45. The van der Waals surface area contributed by atoms with Crippen LogP contribution < -0.4 is 5.32 Å². The molecule has 0 radical (unpaired) electrons. The zero-order valence-corrected chi connectivity index (χ0v) is 8.53. The molecule has 1 aromatic rings. The molecule has 0 heterocycles. The first kappa shape index (κ1) is 10.8. The van der Waals surface area contributed by atoms with Crippen LogP contribution in [0.4, 0.5) is 0 Å². The van der Waals surface area contributed by atoms with Gasteiger partial charge in [-0.1, -0.05) is 18.2 Å². The van der Waals surface area contributed by atoms with Crippen LogP contribution in [0.5, 0.6) is 5.75 Å². The Kier molecular flexibility index (Phi) is 4.20. The summed E-state index contributed by atoms with van der Waals surface area (Å²) in [7, 11) is 0. The molecule has 1 rings (SSSR count). The maximum Gasteiger partial charge on any atom is 0.115 e. The fourth-order valence-electron chi connectivity index (χ4n) is 1.34. The molecule has 1 atom stereocenters. The predicted molar refractivity (Wildman–Crippen MR) is 59.5 cm³/mol. The average Bonchev–Trinajstić information content (AvgIpc) is 2.18.